The molecule has 0 bridgehead atoms. The standard InChI is InChI=1S/C10H21N5O/c1-3-5-14(7-8-16)9-10-11-12-13-15(10)6-4-2/h16H,3-9H2,1-2H3. The van der Waals surface area contributed by atoms with Crippen LogP contribution in [0.1, 0.15) is 32.5 Å². The maximum Gasteiger partial charge on any atom is 0.165 e. The average molecular weight is 227 g/mol. The molecule has 0 amide bonds. The Bertz CT molecular complexity index is 282. The summed E-state index contributed by atoms with van der Waals surface area (Å²) >= 11 is 0. The van der Waals surface area contributed by atoms with Gasteiger partial charge in [-0.3, -0.25) is 4.90 Å². The van der Waals surface area contributed by atoms with Crippen molar-refractivity contribution in [3.05, 3.63) is 5.82 Å². The summed E-state index contributed by atoms with van der Waals surface area (Å²) in [5.41, 5.74) is 0. The molecule has 1 aromatic heterocycles. The number of aliphatic hydroxyl groups excluding tert-OH is 1. The van der Waals surface area contributed by atoms with Gasteiger partial charge in [0.1, 0.15) is 0 Å². The molecule has 0 saturated heterocycles. The minimum Gasteiger partial charge on any atom is -0.395 e. The van der Waals surface area contributed by atoms with Crippen molar-refractivity contribution in [2.45, 2.75) is 39.8 Å². The predicted molar refractivity (Wildman–Crippen MR) is 60.8 cm³/mol. The molecule has 0 radical (unpaired) electrons. The van der Waals surface area contributed by atoms with Crippen molar-refractivity contribution >= 4 is 0 Å². The van der Waals surface area contributed by atoms with Crippen LogP contribution in [0.2, 0.25) is 0 Å². The Morgan fingerprint density at radius 3 is 2.69 bits per heavy atom. The lowest BCUT2D eigenvalue weighted by Gasteiger charge is -2.19. The molecule has 92 valence electrons. The first-order chi connectivity index (χ1) is 7.81. The lowest BCUT2D eigenvalue weighted by Crippen LogP contribution is -2.29. The van der Waals surface area contributed by atoms with E-state index in [-0.39, 0.29) is 6.61 Å². The van der Waals surface area contributed by atoms with E-state index in [1.165, 1.54) is 0 Å². The number of hydrogen-bond donors (Lipinski definition) is 1. The van der Waals surface area contributed by atoms with E-state index in [0.717, 1.165) is 31.8 Å². The molecule has 16 heavy (non-hydrogen) atoms. The van der Waals surface area contributed by atoms with Crippen LogP contribution in [0, 0.1) is 0 Å². The van der Waals surface area contributed by atoms with Gasteiger partial charge in [0.25, 0.3) is 0 Å². The molecule has 6 heteroatoms. The zero-order chi connectivity index (χ0) is 11.8. The predicted octanol–water partition coefficient (Wildman–Crippen LogP) is 0.287. The molecule has 0 aliphatic carbocycles. The van der Waals surface area contributed by atoms with Crippen LogP contribution in [0.5, 0.6) is 0 Å². The average Bonchev–Trinajstić information content (AvgIpc) is 2.67. The van der Waals surface area contributed by atoms with E-state index in [9.17, 15) is 0 Å². The van der Waals surface area contributed by atoms with Crippen molar-refractivity contribution < 1.29 is 5.11 Å². The summed E-state index contributed by atoms with van der Waals surface area (Å²) in [6, 6.07) is 0. The van der Waals surface area contributed by atoms with Gasteiger partial charge < -0.3 is 5.11 Å². The van der Waals surface area contributed by atoms with Gasteiger partial charge in [-0.25, -0.2) is 4.68 Å². The Kier molecular flexibility index (Phi) is 5.95. The van der Waals surface area contributed by atoms with Crippen LogP contribution in [0.4, 0.5) is 0 Å². The fourth-order valence-electron chi connectivity index (χ4n) is 1.65. The summed E-state index contributed by atoms with van der Waals surface area (Å²) < 4.78 is 1.83. The monoisotopic (exact) mass is 227 g/mol. The Morgan fingerprint density at radius 1 is 1.25 bits per heavy atom. The summed E-state index contributed by atoms with van der Waals surface area (Å²) in [4.78, 5) is 2.16. The largest absolute Gasteiger partial charge is 0.395 e. The van der Waals surface area contributed by atoms with Gasteiger partial charge in [-0.05, 0) is 29.8 Å². The van der Waals surface area contributed by atoms with Crippen molar-refractivity contribution in [1.29, 1.82) is 0 Å². The van der Waals surface area contributed by atoms with Gasteiger partial charge in [0.15, 0.2) is 5.82 Å². The van der Waals surface area contributed by atoms with Gasteiger partial charge in [-0.2, -0.15) is 0 Å². The molecule has 0 aliphatic heterocycles. The Morgan fingerprint density at radius 2 is 2.06 bits per heavy atom. The maximum absolute atomic E-state index is 8.96. The minimum absolute atomic E-state index is 0.176. The number of nitrogens with zero attached hydrogens (tertiary/aromatic N) is 5. The molecular formula is C10H21N5O. The highest BCUT2D eigenvalue weighted by atomic mass is 16.3. The molecule has 0 saturated carbocycles. The molecule has 0 atom stereocenters. The van der Waals surface area contributed by atoms with Crippen molar-refractivity contribution in [3.8, 4) is 0 Å². The van der Waals surface area contributed by atoms with E-state index in [1.807, 2.05) is 4.68 Å². The van der Waals surface area contributed by atoms with E-state index in [4.69, 9.17) is 5.11 Å². The van der Waals surface area contributed by atoms with Gasteiger partial charge in [-0.1, -0.05) is 13.8 Å². The molecule has 6 nitrogen and oxygen atoms in total. The Hall–Kier alpha value is -1.01. The second-order valence-corrected chi connectivity index (χ2v) is 3.82. The SMILES string of the molecule is CCCN(CCO)Cc1nnnn1CCC. The second kappa shape index (κ2) is 7.29. The second-order valence-electron chi connectivity index (χ2n) is 3.82. The van der Waals surface area contributed by atoms with Crippen LogP contribution in [0.25, 0.3) is 0 Å². The van der Waals surface area contributed by atoms with Crippen molar-refractivity contribution in [2.75, 3.05) is 19.7 Å². The summed E-state index contributed by atoms with van der Waals surface area (Å²) in [6.07, 6.45) is 2.08. The molecule has 1 rings (SSSR count). The summed E-state index contributed by atoms with van der Waals surface area (Å²) in [5, 5.41) is 20.6. The third kappa shape index (κ3) is 3.86. The first-order valence-corrected chi connectivity index (χ1v) is 5.90. The first-order valence-electron chi connectivity index (χ1n) is 5.90. The van der Waals surface area contributed by atoms with Crippen molar-refractivity contribution in [1.82, 2.24) is 25.1 Å². The van der Waals surface area contributed by atoms with Gasteiger partial charge in [-0.15, -0.1) is 5.10 Å². The number of hydrogen-bond acceptors (Lipinski definition) is 5. The normalized spacial score (nSPS) is 11.2. The van der Waals surface area contributed by atoms with E-state index < -0.39 is 0 Å². The molecule has 0 aliphatic rings. The van der Waals surface area contributed by atoms with Crippen molar-refractivity contribution in [3.63, 3.8) is 0 Å². The lowest BCUT2D eigenvalue weighted by molar-refractivity contribution is 0.185. The number of aliphatic hydroxyl groups is 1. The molecule has 1 heterocycles. The van der Waals surface area contributed by atoms with E-state index >= 15 is 0 Å². The fourth-order valence-corrected chi connectivity index (χ4v) is 1.65. The van der Waals surface area contributed by atoms with Gasteiger partial charge in [0.2, 0.25) is 0 Å². The Balaban J connectivity index is 2.57. The number of aryl methyl sites for hydroxylation is 1. The highest BCUT2D eigenvalue weighted by molar-refractivity contribution is 4.81. The smallest absolute Gasteiger partial charge is 0.165 e. The molecule has 0 unspecified atom stereocenters. The first kappa shape index (κ1) is 13.1. The summed E-state index contributed by atoms with van der Waals surface area (Å²) in [5.74, 6) is 0.878. The highest BCUT2D eigenvalue weighted by Crippen LogP contribution is 2.01. The van der Waals surface area contributed by atoms with Gasteiger partial charge in [0.05, 0.1) is 13.2 Å². The highest BCUT2D eigenvalue weighted by Gasteiger charge is 2.10. The summed E-state index contributed by atoms with van der Waals surface area (Å²) in [7, 11) is 0. The zero-order valence-corrected chi connectivity index (χ0v) is 10.1. The molecule has 0 aromatic carbocycles. The maximum atomic E-state index is 8.96. The zero-order valence-electron chi connectivity index (χ0n) is 10.1. The van der Waals surface area contributed by atoms with Crippen LogP contribution in [0.15, 0.2) is 0 Å². The third-order valence-corrected chi connectivity index (χ3v) is 2.36. The quantitative estimate of drug-likeness (QED) is 0.691. The molecule has 0 fully saturated rings. The Labute approximate surface area is 96.3 Å². The minimum atomic E-state index is 0.176. The molecule has 1 aromatic rings. The number of tetrazole rings is 1. The van der Waals surface area contributed by atoms with Crippen LogP contribution in [-0.2, 0) is 13.1 Å². The third-order valence-electron chi connectivity index (χ3n) is 2.36. The van der Waals surface area contributed by atoms with Gasteiger partial charge in [0, 0.05) is 13.1 Å². The topological polar surface area (TPSA) is 67.1 Å². The summed E-state index contributed by atoms with van der Waals surface area (Å²) in [6.45, 7) is 7.59. The molecule has 0 spiro atoms. The van der Waals surface area contributed by atoms with Crippen LogP contribution >= 0.6 is 0 Å². The molecular weight excluding hydrogens is 206 g/mol. The number of aromatic nitrogens is 4. The van der Waals surface area contributed by atoms with Gasteiger partial charge >= 0.3 is 0 Å². The number of rotatable bonds is 8. The van der Waals surface area contributed by atoms with Crippen molar-refractivity contribution in [2.24, 2.45) is 0 Å². The van der Waals surface area contributed by atoms with Crippen LogP contribution < -0.4 is 0 Å². The van der Waals surface area contributed by atoms with E-state index in [2.05, 4.69) is 34.3 Å². The molecule has 1 N–H and O–H groups in total. The van der Waals surface area contributed by atoms with E-state index in [0.29, 0.717) is 13.1 Å². The van der Waals surface area contributed by atoms with Crippen LogP contribution in [0.3, 0.4) is 0 Å². The van der Waals surface area contributed by atoms with Crippen LogP contribution in [-0.4, -0.2) is 49.9 Å². The fraction of sp³-hybridized carbons (Fsp3) is 0.900. The lowest BCUT2D eigenvalue weighted by atomic mass is 10.4. The van der Waals surface area contributed by atoms with E-state index in [1.54, 1.807) is 0 Å².